The first kappa shape index (κ1) is 85.1. The minimum absolute atomic E-state index is 0.107. The second-order valence-corrected chi connectivity index (χ2v) is 27.9. The lowest BCUT2D eigenvalue weighted by Gasteiger charge is -2.21. The number of carbonyl (C=O) groups excluding carboxylic acids is 4. The summed E-state index contributed by atoms with van der Waals surface area (Å²) in [5.74, 6) is -1.35. The molecule has 0 saturated heterocycles. The first-order valence-corrected chi connectivity index (χ1v) is 38.6. The molecule has 0 radical (unpaired) electrons. The molecule has 0 spiro atoms. The van der Waals surface area contributed by atoms with Crippen molar-refractivity contribution in [1.82, 2.24) is 0 Å². The number of aliphatic hydroxyl groups excluding tert-OH is 1. The Balaban J connectivity index is 5.22. The molecular weight excluding hydrogens is 1150 g/mol. The normalized spacial score (nSPS) is 14.1. The summed E-state index contributed by atoms with van der Waals surface area (Å²) in [4.78, 5) is 72.4. The number of carbonyl (C=O) groups is 4. The number of ether oxygens (including phenoxy) is 4. The number of hydrogen-bond acceptors (Lipinski definition) is 15. The molecule has 516 valence electrons. The van der Waals surface area contributed by atoms with Crippen molar-refractivity contribution < 1.29 is 80.2 Å². The van der Waals surface area contributed by atoms with Gasteiger partial charge in [-0.25, -0.2) is 9.13 Å². The van der Waals surface area contributed by atoms with Gasteiger partial charge in [0, 0.05) is 25.7 Å². The summed E-state index contributed by atoms with van der Waals surface area (Å²) in [6.07, 6.45) is 47.1. The predicted molar refractivity (Wildman–Crippen MR) is 349 cm³/mol. The third kappa shape index (κ3) is 62.6. The zero-order valence-electron chi connectivity index (χ0n) is 56.2. The Kier molecular flexibility index (Phi) is 60.2. The number of aliphatic hydroxyl groups is 1. The van der Waals surface area contributed by atoms with Gasteiger partial charge in [-0.2, -0.15) is 0 Å². The van der Waals surface area contributed by atoms with Gasteiger partial charge in [0.25, 0.3) is 0 Å². The zero-order valence-corrected chi connectivity index (χ0v) is 57.9. The molecule has 0 aliphatic rings. The van der Waals surface area contributed by atoms with Crippen LogP contribution in [0.4, 0.5) is 0 Å². The smallest absolute Gasteiger partial charge is 0.462 e. The minimum atomic E-state index is -4.95. The maximum atomic E-state index is 13.0. The highest BCUT2D eigenvalue weighted by atomic mass is 31.2. The molecule has 3 N–H and O–H groups in total. The van der Waals surface area contributed by atoms with Crippen molar-refractivity contribution in [3.8, 4) is 0 Å². The molecule has 17 nitrogen and oxygen atoms in total. The molecule has 0 bridgehead atoms. The van der Waals surface area contributed by atoms with Gasteiger partial charge < -0.3 is 33.8 Å². The maximum Gasteiger partial charge on any atom is 0.472 e. The molecule has 2 unspecified atom stereocenters. The van der Waals surface area contributed by atoms with Crippen LogP contribution in [0.15, 0.2) is 0 Å². The molecule has 0 rings (SSSR count). The summed E-state index contributed by atoms with van der Waals surface area (Å²) in [6, 6.07) is 0. The van der Waals surface area contributed by atoms with E-state index in [9.17, 15) is 43.2 Å². The molecule has 0 amide bonds. The number of hydrogen-bond donors (Lipinski definition) is 3. The molecule has 0 aliphatic heterocycles. The van der Waals surface area contributed by atoms with Crippen LogP contribution in [0.1, 0.15) is 349 Å². The fourth-order valence-electron chi connectivity index (χ4n) is 10.3. The van der Waals surface area contributed by atoms with E-state index >= 15 is 0 Å². The highest BCUT2D eigenvalue weighted by Gasteiger charge is 2.30. The van der Waals surface area contributed by atoms with E-state index in [-0.39, 0.29) is 25.7 Å². The van der Waals surface area contributed by atoms with Gasteiger partial charge in [0.05, 0.1) is 26.4 Å². The van der Waals surface area contributed by atoms with Crippen LogP contribution >= 0.6 is 15.6 Å². The first-order valence-electron chi connectivity index (χ1n) is 35.6. The van der Waals surface area contributed by atoms with E-state index in [2.05, 4.69) is 34.6 Å². The lowest BCUT2D eigenvalue weighted by atomic mass is 10.0. The summed E-state index contributed by atoms with van der Waals surface area (Å²) in [5.41, 5.74) is 0. The topological polar surface area (TPSA) is 237 Å². The Morgan fingerprint density at radius 2 is 0.529 bits per heavy atom. The van der Waals surface area contributed by atoms with Crippen molar-refractivity contribution in [2.75, 3.05) is 39.6 Å². The SMILES string of the molecule is CCCCCCCCCCCCCCCC(=O)OC[C@H](COP(=O)(O)OC[C@@H](O)COP(=O)(O)OC[C@@H](COC(=O)CCCCCCCCCC)OC(=O)CCCCCCCCCCCCC)OC(=O)CCCCCCCCCCCCCCC(C)C. The Morgan fingerprint density at radius 3 is 0.782 bits per heavy atom. The summed E-state index contributed by atoms with van der Waals surface area (Å²) in [6.45, 7) is 7.22. The van der Waals surface area contributed by atoms with Crippen molar-refractivity contribution in [2.45, 2.75) is 368 Å². The van der Waals surface area contributed by atoms with E-state index in [4.69, 9.17) is 37.0 Å². The maximum absolute atomic E-state index is 13.0. The van der Waals surface area contributed by atoms with Crippen LogP contribution in [0, 0.1) is 5.92 Å². The molecule has 0 aliphatic carbocycles. The van der Waals surface area contributed by atoms with Crippen LogP contribution in [-0.2, 0) is 65.4 Å². The van der Waals surface area contributed by atoms with Gasteiger partial charge in [-0.1, -0.05) is 298 Å². The monoisotopic (exact) mass is 1280 g/mol. The molecule has 19 heteroatoms. The van der Waals surface area contributed by atoms with Crippen LogP contribution in [0.5, 0.6) is 0 Å². The summed E-state index contributed by atoms with van der Waals surface area (Å²) < 4.78 is 68.1. The number of phosphoric acid groups is 2. The quantitative estimate of drug-likeness (QED) is 0.0222. The van der Waals surface area contributed by atoms with Crippen LogP contribution in [-0.4, -0.2) is 96.7 Å². The van der Waals surface area contributed by atoms with E-state index in [1.165, 1.54) is 167 Å². The second kappa shape index (κ2) is 61.6. The van der Waals surface area contributed by atoms with Crippen molar-refractivity contribution >= 4 is 39.5 Å². The average molecular weight is 1280 g/mol. The van der Waals surface area contributed by atoms with Crippen LogP contribution in [0.3, 0.4) is 0 Å². The minimum Gasteiger partial charge on any atom is -0.462 e. The van der Waals surface area contributed by atoms with E-state index in [1.54, 1.807) is 0 Å². The molecule has 0 aromatic carbocycles. The van der Waals surface area contributed by atoms with Crippen LogP contribution < -0.4 is 0 Å². The van der Waals surface area contributed by atoms with Gasteiger partial charge in [0.2, 0.25) is 0 Å². The lowest BCUT2D eigenvalue weighted by Crippen LogP contribution is -2.30. The third-order valence-corrected chi connectivity index (χ3v) is 17.7. The number of unbranched alkanes of at least 4 members (excludes halogenated alkanes) is 40. The van der Waals surface area contributed by atoms with Crippen molar-refractivity contribution in [1.29, 1.82) is 0 Å². The van der Waals surface area contributed by atoms with Gasteiger partial charge in [0.15, 0.2) is 12.2 Å². The summed E-state index contributed by atoms with van der Waals surface area (Å²) in [5, 5.41) is 10.6. The van der Waals surface area contributed by atoms with Gasteiger partial charge in [-0.15, -0.1) is 0 Å². The van der Waals surface area contributed by atoms with Gasteiger partial charge in [-0.3, -0.25) is 37.3 Å². The zero-order chi connectivity index (χ0) is 64.2. The van der Waals surface area contributed by atoms with Gasteiger partial charge in [-0.05, 0) is 31.6 Å². The Hall–Kier alpha value is -1.94. The number of phosphoric ester groups is 2. The Morgan fingerprint density at radius 1 is 0.310 bits per heavy atom. The third-order valence-electron chi connectivity index (χ3n) is 15.8. The van der Waals surface area contributed by atoms with Crippen LogP contribution in [0.25, 0.3) is 0 Å². The highest BCUT2D eigenvalue weighted by molar-refractivity contribution is 7.47. The highest BCUT2D eigenvalue weighted by Crippen LogP contribution is 2.45. The predicted octanol–water partition coefficient (Wildman–Crippen LogP) is 19.4. The Labute approximate surface area is 530 Å². The standard InChI is InChI=1S/C68H132O17P2/c1-6-9-12-15-18-21-23-24-29-32-37-42-47-52-66(71)79-58-64(85-68(73)54-49-44-39-34-30-26-25-28-31-35-40-45-50-61(4)5)60-83-87(76,77)81-56-62(69)55-80-86(74,75)82-59-63(57-78-65(70)51-46-41-36-20-17-14-11-8-3)84-67(72)53-48-43-38-33-27-22-19-16-13-10-7-2/h61-64,69H,6-60H2,1-5H3,(H,74,75)(H,76,77)/t62-,63+,64+/m0/s1. The molecule has 0 fully saturated rings. The average Bonchev–Trinajstić information content (AvgIpc) is 3.62. The fourth-order valence-corrected chi connectivity index (χ4v) is 11.9. The van der Waals surface area contributed by atoms with Gasteiger partial charge >= 0.3 is 39.5 Å². The number of esters is 4. The molecule has 0 aromatic heterocycles. The Bertz CT molecular complexity index is 1690. The second-order valence-electron chi connectivity index (χ2n) is 25.0. The van der Waals surface area contributed by atoms with Crippen molar-refractivity contribution in [3.05, 3.63) is 0 Å². The summed E-state index contributed by atoms with van der Waals surface area (Å²) >= 11 is 0. The molecule has 0 heterocycles. The van der Waals surface area contributed by atoms with Crippen molar-refractivity contribution in [2.24, 2.45) is 5.92 Å². The molecule has 87 heavy (non-hydrogen) atoms. The molecule has 5 atom stereocenters. The lowest BCUT2D eigenvalue weighted by molar-refractivity contribution is -0.161. The first-order chi connectivity index (χ1) is 42.0. The number of rotatable bonds is 68. The van der Waals surface area contributed by atoms with E-state index in [1.807, 2.05) is 0 Å². The fraction of sp³-hybridized carbons (Fsp3) is 0.941. The molecular formula is C68H132O17P2. The molecule has 0 aromatic rings. The van der Waals surface area contributed by atoms with Crippen molar-refractivity contribution in [3.63, 3.8) is 0 Å². The van der Waals surface area contributed by atoms with E-state index < -0.39 is 97.5 Å². The van der Waals surface area contributed by atoms with Crippen LogP contribution in [0.2, 0.25) is 0 Å². The summed E-state index contributed by atoms with van der Waals surface area (Å²) in [7, 11) is -9.89. The van der Waals surface area contributed by atoms with Gasteiger partial charge in [0.1, 0.15) is 19.3 Å². The molecule has 0 saturated carbocycles. The largest absolute Gasteiger partial charge is 0.472 e. The van der Waals surface area contributed by atoms with E-state index in [0.29, 0.717) is 25.7 Å². The van der Waals surface area contributed by atoms with E-state index in [0.717, 1.165) is 102 Å².